The van der Waals surface area contributed by atoms with Gasteiger partial charge in [-0.05, 0) is 56.5 Å². The fourth-order valence-corrected chi connectivity index (χ4v) is 5.75. The molecule has 12 heteroatoms. The molecule has 0 spiro atoms. The summed E-state index contributed by atoms with van der Waals surface area (Å²) in [5.74, 6) is 0.556. The van der Waals surface area contributed by atoms with Gasteiger partial charge < -0.3 is 19.6 Å². The van der Waals surface area contributed by atoms with E-state index in [-0.39, 0.29) is 24.9 Å². The first-order valence-electron chi connectivity index (χ1n) is 13.4. The Labute approximate surface area is 232 Å². The highest BCUT2D eigenvalue weighted by molar-refractivity contribution is 5.77. The molecular formula is C28H35F3N8O. The highest BCUT2D eigenvalue weighted by atomic mass is 19.4. The number of benzene rings is 1. The molecule has 1 aromatic carbocycles. The highest BCUT2D eigenvalue weighted by Crippen LogP contribution is 2.40. The number of hydrogen-bond acceptors (Lipinski definition) is 7. The van der Waals surface area contributed by atoms with Crippen LogP contribution in [0.2, 0.25) is 0 Å². The lowest BCUT2D eigenvalue weighted by Gasteiger charge is -2.43. The fraction of sp³-hybridized carbons (Fsp3) is 0.500. The van der Waals surface area contributed by atoms with Gasteiger partial charge in [0.2, 0.25) is 11.9 Å². The molecule has 214 valence electrons. The van der Waals surface area contributed by atoms with E-state index in [9.17, 15) is 18.0 Å². The molecule has 2 aromatic heterocycles. The van der Waals surface area contributed by atoms with Crippen molar-refractivity contribution in [1.82, 2.24) is 24.6 Å². The van der Waals surface area contributed by atoms with Crippen molar-refractivity contribution in [2.75, 3.05) is 55.0 Å². The number of amides is 1. The number of rotatable bonds is 5. The fourth-order valence-electron chi connectivity index (χ4n) is 5.75. The molecular weight excluding hydrogens is 521 g/mol. The quantitative estimate of drug-likeness (QED) is 0.475. The molecule has 5 rings (SSSR count). The van der Waals surface area contributed by atoms with Crippen LogP contribution >= 0.6 is 0 Å². The van der Waals surface area contributed by atoms with E-state index in [1.165, 1.54) is 6.07 Å². The molecule has 0 bridgehead atoms. The summed E-state index contributed by atoms with van der Waals surface area (Å²) in [5, 5.41) is 4.41. The smallest absolute Gasteiger partial charge is 0.367 e. The predicted octanol–water partition coefficient (Wildman–Crippen LogP) is 3.67. The SMILES string of the molecule is Cc1cc(C)n(CC(=O)N2CCN(c3ccc(C(F)(F)F)c4c3CN(c3cnc(N(C)C)nc3)CC4)CC2C)n1. The predicted molar refractivity (Wildman–Crippen MR) is 148 cm³/mol. The molecule has 2 aliphatic heterocycles. The van der Waals surface area contributed by atoms with E-state index in [0.717, 1.165) is 22.8 Å². The molecule has 4 heterocycles. The van der Waals surface area contributed by atoms with Crippen molar-refractivity contribution in [2.45, 2.75) is 52.5 Å². The van der Waals surface area contributed by atoms with Crippen LogP contribution in [0.1, 0.15) is 35.0 Å². The van der Waals surface area contributed by atoms with Gasteiger partial charge in [-0.25, -0.2) is 9.97 Å². The third-order valence-electron chi connectivity index (χ3n) is 7.76. The van der Waals surface area contributed by atoms with E-state index in [4.69, 9.17) is 0 Å². The maximum atomic E-state index is 14.0. The molecule has 0 radical (unpaired) electrons. The lowest BCUT2D eigenvalue weighted by Crippen LogP contribution is -2.55. The molecule has 1 saturated heterocycles. The molecule has 1 unspecified atom stereocenters. The van der Waals surface area contributed by atoms with Crippen LogP contribution in [0, 0.1) is 13.8 Å². The highest BCUT2D eigenvalue weighted by Gasteiger charge is 2.38. The third-order valence-corrected chi connectivity index (χ3v) is 7.76. The number of hydrogen-bond donors (Lipinski definition) is 0. The van der Waals surface area contributed by atoms with E-state index in [1.54, 1.807) is 28.0 Å². The zero-order valence-corrected chi connectivity index (χ0v) is 23.5. The Bertz CT molecular complexity index is 1390. The van der Waals surface area contributed by atoms with Crippen molar-refractivity contribution in [3.05, 3.63) is 58.7 Å². The Kier molecular flexibility index (Phi) is 7.36. The van der Waals surface area contributed by atoms with Gasteiger partial charge in [-0.3, -0.25) is 9.48 Å². The number of aryl methyl sites for hydroxylation is 2. The minimum Gasteiger partial charge on any atom is -0.367 e. The van der Waals surface area contributed by atoms with Crippen LogP contribution in [0.5, 0.6) is 0 Å². The Morgan fingerprint density at radius 2 is 1.77 bits per heavy atom. The molecule has 9 nitrogen and oxygen atoms in total. The van der Waals surface area contributed by atoms with Gasteiger partial charge in [0.05, 0.1) is 29.3 Å². The van der Waals surface area contributed by atoms with Crippen LogP contribution in [0.4, 0.5) is 30.5 Å². The van der Waals surface area contributed by atoms with Gasteiger partial charge in [-0.2, -0.15) is 18.3 Å². The minimum atomic E-state index is -4.43. The van der Waals surface area contributed by atoms with Gasteiger partial charge in [-0.1, -0.05) is 0 Å². The summed E-state index contributed by atoms with van der Waals surface area (Å²) in [6.45, 7) is 8.29. The lowest BCUT2D eigenvalue weighted by atomic mass is 9.91. The van der Waals surface area contributed by atoms with Crippen LogP contribution in [-0.2, 0) is 30.5 Å². The van der Waals surface area contributed by atoms with Crippen LogP contribution in [0.25, 0.3) is 0 Å². The molecule has 2 aliphatic rings. The van der Waals surface area contributed by atoms with Crippen LogP contribution in [0.15, 0.2) is 30.6 Å². The zero-order chi connectivity index (χ0) is 28.8. The second kappa shape index (κ2) is 10.6. The van der Waals surface area contributed by atoms with Crippen molar-refractivity contribution < 1.29 is 18.0 Å². The monoisotopic (exact) mass is 556 g/mol. The number of carbonyl (C=O) groups is 1. The largest absolute Gasteiger partial charge is 0.416 e. The number of carbonyl (C=O) groups excluding carboxylic acids is 1. The molecule has 1 fully saturated rings. The molecule has 0 N–H and O–H groups in total. The van der Waals surface area contributed by atoms with Gasteiger partial charge >= 0.3 is 6.18 Å². The first-order valence-corrected chi connectivity index (χ1v) is 13.4. The molecule has 3 aromatic rings. The molecule has 40 heavy (non-hydrogen) atoms. The van der Waals surface area contributed by atoms with Crippen LogP contribution in [0.3, 0.4) is 0 Å². The summed E-state index contributed by atoms with van der Waals surface area (Å²) >= 11 is 0. The number of alkyl halides is 3. The normalized spacial score (nSPS) is 17.7. The van der Waals surface area contributed by atoms with Crippen molar-refractivity contribution in [2.24, 2.45) is 0 Å². The maximum Gasteiger partial charge on any atom is 0.416 e. The van der Waals surface area contributed by atoms with Crippen molar-refractivity contribution in [3.8, 4) is 0 Å². The van der Waals surface area contributed by atoms with Gasteiger partial charge in [0.1, 0.15) is 6.54 Å². The lowest BCUT2D eigenvalue weighted by molar-refractivity contribution is -0.138. The molecule has 1 amide bonds. The second-order valence-electron chi connectivity index (χ2n) is 10.9. The summed E-state index contributed by atoms with van der Waals surface area (Å²) in [6.07, 6.45) is -0.724. The molecule has 0 saturated carbocycles. The average molecular weight is 557 g/mol. The minimum absolute atomic E-state index is 0.0138. The number of piperazine rings is 1. The molecule has 1 atom stereocenters. The number of aromatic nitrogens is 4. The summed E-state index contributed by atoms with van der Waals surface area (Å²) < 4.78 is 43.7. The van der Waals surface area contributed by atoms with Gasteiger partial charge in [0, 0.05) is 64.2 Å². The van der Waals surface area contributed by atoms with Gasteiger partial charge in [0.15, 0.2) is 0 Å². The average Bonchev–Trinajstić information content (AvgIpc) is 3.22. The number of fused-ring (bicyclic) bond motifs is 1. The van der Waals surface area contributed by atoms with E-state index < -0.39 is 11.7 Å². The summed E-state index contributed by atoms with van der Waals surface area (Å²) in [7, 11) is 3.70. The summed E-state index contributed by atoms with van der Waals surface area (Å²) in [6, 6.07) is 4.64. The zero-order valence-electron chi connectivity index (χ0n) is 23.5. The summed E-state index contributed by atoms with van der Waals surface area (Å²) in [4.78, 5) is 29.7. The second-order valence-corrected chi connectivity index (χ2v) is 10.9. The van der Waals surface area contributed by atoms with Gasteiger partial charge in [0.25, 0.3) is 0 Å². The van der Waals surface area contributed by atoms with Crippen molar-refractivity contribution >= 4 is 23.2 Å². The van der Waals surface area contributed by atoms with Crippen molar-refractivity contribution in [3.63, 3.8) is 0 Å². The summed E-state index contributed by atoms with van der Waals surface area (Å²) in [5.41, 5.74) is 3.81. The van der Waals surface area contributed by atoms with Crippen LogP contribution in [-0.4, -0.2) is 76.9 Å². The van der Waals surface area contributed by atoms with Gasteiger partial charge in [-0.15, -0.1) is 0 Å². The Hall–Kier alpha value is -3.83. The van der Waals surface area contributed by atoms with Crippen LogP contribution < -0.4 is 14.7 Å². The Morgan fingerprint density at radius 1 is 1.05 bits per heavy atom. The van der Waals surface area contributed by atoms with Crippen molar-refractivity contribution in [1.29, 1.82) is 0 Å². The number of anilines is 3. The number of halogens is 3. The standard InChI is InChI=1S/C28H35F3N8O/c1-18-12-19(2)39(34-18)17-26(40)38-11-10-37(15-20(38)3)25-7-6-24(28(29,30)31)22-8-9-36(16-23(22)25)21-13-32-27(33-14-21)35(4)5/h6-7,12-14,20H,8-11,15-17H2,1-5H3. The number of nitrogens with zero attached hydrogens (tertiary/aromatic N) is 8. The first-order chi connectivity index (χ1) is 18.9. The molecule has 0 aliphatic carbocycles. The van der Waals surface area contributed by atoms with E-state index in [1.807, 2.05) is 50.7 Å². The van der Waals surface area contributed by atoms with E-state index in [0.29, 0.717) is 49.8 Å². The maximum absolute atomic E-state index is 14.0. The van der Waals surface area contributed by atoms with E-state index >= 15 is 0 Å². The first kappa shape index (κ1) is 27.7. The topological polar surface area (TPSA) is 73.6 Å². The Morgan fingerprint density at radius 3 is 2.38 bits per heavy atom. The Balaban J connectivity index is 1.39. The van der Waals surface area contributed by atoms with E-state index in [2.05, 4.69) is 20.0 Å². The third kappa shape index (κ3) is 5.44.